The third kappa shape index (κ3) is 4.13. The molecule has 3 N–H and O–H groups in total. The first-order valence-electron chi connectivity index (χ1n) is 5.23. The molecule has 0 aliphatic rings. The normalized spacial score (nSPS) is 9.83. The Hall–Kier alpha value is -1.96. The highest BCUT2D eigenvalue weighted by atomic mass is 32.1. The van der Waals surface area contributed by atoms with Gasteiger partial charge in [-0.05, 0) is 6.42 Å². The monoisotopic (exact) mass is 271 g/mol. The summed E-state index contributed by atoms with van der Waals surface area (Å²) in [6.45, 7) is 1.16. The molecule has 0 saturated heterocycles. The Kier molecular flexibility index (Phi) is 5.25. The second kappa shape index (κ2) is 6.70. The van der Waals surface area contributed by atoms with Gasteiger partial charge in [0.2, 0.25) is 5.91 Å². The van der Waals surface area contributed by atoms with Gasteiger partial charge in [-0.15, -0.1) is 11.3 Å². The van der Waals surface area contributed by atoms with Crippen molar-refractivity contribution >= 4 is 29.1 Å². The number of rotatable bonds is 6. The first-order chi connectivity index (χ1) is 8.54. The fourth-order valence-electron chi connectivity index (χ4n) is 1.18. The molecule has 0 fully saturated rings. The summed E-state index contributed by atoms with van der Waals surface area (Å²) in [4.78, 5) is 37.6. The van der Waals surface area contributed by atoms with Crippen molar-refractivity contribution in [3.63, 3.8) is 0 Å². The number of nitrogens with one attached hydrogen (secondary N) is 2. The summed E-state index contributed by atoms with van der Waals surface area (Å²) >= 11 is 1.20. The molecule has 0 saturated carbocycles. The van der Waals surface area contributed by atoms with Crippen LogP contribution in [0.1, 0.15) is 22.3 Å². The quantitative estimate of drug-likeness (QED) is 0.654. The van der Waals surface area contributed by atoms with Gasteiger partial charge in [-0.3, -0.25) is 14.4 Å². The Morgan fingerprint density at radius 1 is 1.33 bits per heavy atom. The minimum Gasteiger partial charge on any atom is -0.480 e. The van der Waals surface area contributed by atoms with Gasteiger partial charge in [-0.25, -0.2) is 4.98 Å². The fourth-order valence-corrected chi connectivity index (χ4v) is 1.98. The minimum atomic E-state index is -1.13. The second-order valence-corrected chi connectivity index (χ2v) is 4.19. The number of carbonyl (C=O) groups excluding carboxylic acids is 2. The minimum absolute atomic E-state index is 0.257. The maximum Gasteiger partial charge on any atom is 0.322 e. The summed E-state index contributed by atoms with van der Waals surface area (Å²) < 4.78 is 0. The van der Waals surface area contributed by atoms with Gasteiger partial charge in [0.15, 0.2) is 0 Å². The van der Waals surface area contributed by atoms with Crippen LogP contribution in [-0.2, 0) is 16.0 Å². The lowest BCUT2D eigenvalue weighted by Gasteiger charge is -2.04. The van der Waals surface area contributed by atoms with Gasteiger partial charge in [0.1, 0.15) is 11.4 Å². The van der Waals surface area contributed by atoms with E-state index in [-0.39, 0.29) is 12.5 Å². The summed E-state index contributed by atoms with van der Waals surface area (Å²) in [5.41, 5.74) is 2.25. The molecule has 98 valence electrons. The lowest BCUT2D eigenvalue weighted by atomic mass is 10.3. The average Bonchev–Trinajstić information content (AvgIpc) is 2.81. The van der Waals surface area contributed by atoms with Crippen LogP contribution in [0.4, 0.5) is 0 Å². The van der Waals surface area contributed by atoms with Gasteiger partial charge in [0.25, 0.3) is 5.91 Å². The van der Waals surface area contributed by atoms with Crippen LogP contribution in [0.3, 0.4) is 0 Å². The topological polar surface area (TPSA) is 108 Å². The molecule has 0 aliphatic heterocycles. The van der Waals surface area contributed by atoms with Gasteiger partial charge in [0, 0.05) is 0 Å². The molecule has 0 spiro atoms. The Labute approximate surface area is 107 Å². The zero-order valence-corrected chi connectivity index (χ0v) is 10.5. The van der Waals surface area contributed by atoms with E-state index in [1.54, 1.807) is 5.51 Å². The number of nitrogens with zero attached hydrogens (tertiary/aromatic N) is 1. The SMILES string of the molecule is CCc1ncsc1C(=O)NCC(=O)NCC(=O)O. The number of amides is 2. The molecule has 1 aromatic heterocycles. The number of thiazole rings is 1. The molecule has 0 atom stereocenters. The third-order valence-electron chi connectivity index (χ3n) is 2.03. The molecule has 1 rings (SSSR count). The number of carboxylic acid groups (broad SMARTS) is 1. The lowest BCUT2D eigenvalue weighted by Crippen LogP contribution is -2.39. The van der Waals surface area contributed by atoms with E-state index in [1.165, 1.54) is 11.3 Å². The second-order valence-electron chi connectivity index (χ2n) is 3.33. The van der Waals surface area contributed by atoms with Crippen molar-refractivity contribution in [3.05, 3.63) is 16.1 Å². The number of hydrogen-bond donors (Lipinski definition) is 3. The molecular weight excluding hydrogens is 258 g/mol. The number of carboxylic acids is 1. The number of carbonyl (C=O) groups is 3. The standard InChI is InChI=1S/C10H13N3O4S/c1-2-6-9(18-5-13-6)10(17)12-3-7(14)11-4-8(15)16/h5H,2-4H2,1H3,(H,11,14)(H,12,17)(H,15,16). The lowest BCUT2D eigenvalue weighted by molar-refractivity contribution is -0.137. The van der Waals surface area contributed by atoms with Gasteiger partial charge in [-0.1, -0.05) is 6.92 Å². The van der Waals surface area contributed by atoms with Crippen LogP contribution >= 0.6 is 11.3 Å². The van der Waals surface area contributed by atoms with Gasteiger partial charge < -0.3 is 15.7 Å². The predicted octanol–water partition coefficient (Wildman–Crippen LogP) is -0.364. The van der Waals surface area contributed by atoms with E-state index >= 15 is 0 Å². The van der Waals surface area contributed by atoms with Crippen LogP contribution in [0.25, 0.3) is 0 Å². The molecule has 7 nitrogen and oxygen atoms in total. The summed E-state index contributed by atoms with van der Waals surface area (Å²) in [7, 11) is 0. The maximum absolute atomic E-state index is 11.7. The van der Waals surface area contributed by atoms with Crippen LogP contribution in [0.5, 0.6) is 0 Å². The smallest absolute Gasteiger partial charge is 0.322 e. The Morgan fingerprint density at radius 2 is 2.06 bits per heavy atom. The number of hydrogen-bond acceptors (Lipinski definition) is 5. The molecule has 0 aliphatic carbocycles. The van der Waals surface area contributed by atoms with E-state index in [0.29, 0.717) is 17.0 Å². The first-order valence-corrected chi connectivity index (χ1v) is 6.11. The molecule has 0 unspecified atom stereocenters. The zero-order chi connectivity index (χ0) is 13.5. The Balaban J connectivity index is 2.42. The molecule has 1 heterocycles. The van der Waals surface area contributed by atoms with Crippen LogP contribution in [0, 0.1) is 0 Å². The molecule has 18 heavy (non-hydrogen) atoms. The molecule has 8 heteroatoms. The third-order valence-corrected chi connectivity index (χ3v) is 2.90. The van der Waals surface area contributed by atoms with Crippen molar-refractivity contribution < 1.29 is 19.5 Å². The van der Waals surface area contributed by atoms with Gasteiger partial charge in [0.05, 0.1) is 17.7 Å². The van der Waals surface area contributed by atoms with Crippen molar-refractivity contribution in [1.82, 2.24) is 15.6 Å². The van der Waals surface area contributed by atoms with Crippen molar-refractivity contribution in [3.8, 4) is 0 Å². The summed E-state index contributed by atoms with van der Waals surface area (Å²) in [5.74, 6) is -2.06. The highest BCUT2D eigenvalue weighted by molar-refractivity contribution is 7.11. The van der Waals surface area contributed by atoms with Crippen molar-refractivity contribution in [2.45, 2.75) is 13.3 Å². The van der Waals surface area contributed by atoms with Gasteiger partial charge >= 0.3 is 5.97 Å². The van der Waals surface area contributed by atoms with E-state index in [1.807, 2.05) is 6.92 Å². The molecule has 0 aromatic carbocycles. The van der Waals surface area contributed by atoms with E-state index in [2.05, 4.69) is 15.6 Å². The van der Waals surface area contributed by atoms with Crippen LogP contribution in [0.2, 0.25) is 0 Å². The first kappa shape index (κ1) is 14.1. The van der Waals surface area contributed by atoms with Crippen molar-refractivity contribution in [1.29, 1.82) is 0 Å². The molecule has 2 amide bonds. The van der Waals surface area contributed by atoms with Crippen LogP contribution in [-0.4, -0.2) is 41.0 Å². The summed E-state index contributed by atoms with van der Waals surface area (Å²) in [5, 5.41) is 12.9. The maximum atomic E-state index is 11.7. The average molecular weight is 271 g/mol. The molecule has 0 bridgehead atoms. The molecular formula is C10H13N3O4S. The van der Waals surface area contributed by atoms with E-state index in [4.69, 9.17) is 5.11 Å². The van der Waals surface area contributed by atoms with Crippen LogP contribution in [0.15, 0.2) is 5.51 Å². The molecule has 0 radical (unpaired) electrons. The largest absolute Gasteiger partial charge is 0.480 e. The number of aliphatic carboxylic acids is 1. The zero-order valence-electron chi connectivity index (χ0n) is 9.73. The number of aromatic nitrogens is 1. The van der Waals surface area contributed by atoms with Crippen LogP contribution < -0.4 is 10.6 Å². The Bertz CT molecular complexity index is 458. The van der Waals surface area contributed by atoms with Crippen molar-refractivity contribution in [2.75, 3.05) is 13.1 Å². The predicted molar refractivity (Wildman–Crippen MR) is 64.5 cm³/mol. The molecule has 1 aromatic rings. The highest BCUT2D eigenvalue weighted by Gasteiger charge is 2.14. The highest BCUT2D eigenvalue weighted by Crippen LogP contribution is 2.13. The Morgan fingerprint density at radius 3 is 2.67 bits per heavy atom. The fraction of sp³-hybridized carbons (Fsp3) is 0.400. The summed E-state index contributed by atoms with van der Waals surface area (Å²) in [6, 6.07) is 0. The van der Waals surface area contributed by atoms with E-state index < -0.39 is 18.4 Å². The van der Waals surface area contributed by atoms with E-state index in [9.17, 15) is 14.4 Å². The summed E-state index contributed by atoms with van der Waals surface area (Å²) in [6.07, 6.45) is 0.636. The van der Waals surface area contributed by atoms with Crippen molar-refractivity contribution in [2.24, 2.45) is 0 Å². The van der Waals surface area contributed by atoms with Gasteiger partial charge in [-0.2, -0.15) is 0 Å². The number of aryl methyl sites for hydroxylation is 1. The van der Waals surface area contributed by atoms with E-state index in [0.717, 1.165) is 0 Å².